The molecule has 17 heteroatoms. The highest BCUT2D eigenvalue weighted by molar-refractivity contribution is 6.76. The van der Waals surface area contributed by atoms with Crippen molar-refractivity contribution in [1.82, 2.24) is 0 Å². The average Bonchev–Trinajstić information content (AvgIpc) is 0.806. The van der Waals surface area contributed by atoms with E-state index in [2.05, 4.69) is 154 Å². The molecular weight excluding hydrogens is 1360 g/mol. The van der Waals surface area contributed by atoms with Gasteiger partial charge in [0.25, 0.3) is 0 Å². The minimum atomic E-state index is -0.956. The monoisotopic (exact) mass is 1520 g/mol. The smallest absolute Gasteiger partial charge is 0.311 e. The molecule has 0 bridgehead atoms. The molecule has 0 aliphatic carbocycles. The minimum Gasteiger partial charge on any atom is -0.466 e. The van der Waals surface area contributed by atoms with Crippen LogP contribution in [-0.2, 0) is 49.1 Å². The van der Waals surface area contributed by atoms with Crippen LogP contribution in [0.15, 0.2) is 102 Å². The van der Waals surface area contributed by atoms with Gasteiger partial charge in [-0.3, -0.25) is 68.5 Å². The second-order valence-corrected chi connectivity index (χ2v) is 44.4. The number of ether oxygens (including phenoxy) is 1. The van der Waals surface area contributed by atoms with Crippen LogP contribution in [0.2, 0.25) is 51.4 Å². The van der Waals surface area contributed by atoms with Crippen molar-refractivity contribution in [3.63, 3.8) is 0 Å². The second kappa shape index (κ2) is 61.1. The van der Waals surface area contributed by atoms with Gasteiger partial charge in [-0.05, 0) is 205 Å². The van der Waals surface area contributed by atoms with E-state index in [4.69, 9.17) is 4.74 Å². The molecule has 0 amide bonds. The highest BCUT2D eigenvalue weighted by Crippen LogP contribution is 2.33. The van der Waals surface area contributed by atoms with Gasteiger partial charge in [0.1, 0.15) is 34.7 Å². The zero-order chi connectivity index (χ0) is 82.9. The molecule has 0 atom stereocenters. The fourth-order valence-corrected chi connectivity index (χ4v) is 11.7. The van der Waals surface area contributed by atoms with E-state index in [1.165, 1.54) is 98.6 Å². The summed E-state index contributed by atoms with van der Waals surface area (Å²) in [5, 5.41) is 0. The van der Waals surface area contributed by atoms with Crippen LogP contribution in [0.5, 0.6) is 0 Å². The van der Waals surface area contributed by atoms with Crippen LogP contribution in [0.4, 0.5) is 17.1 Å². The van der Waals surface area contributed by atoms with Crippen LogP contribution in [0, 0.1) is 13.8 Å². The molecule has 3 aromatic carbocycles. The van der Waals surface area contributed by atoms with Gasteiger partial charge in [-0.25, -0.2) is 0 Å². The number of rotatable bonds is 38. The van der Waals surface area contributed by atoms with Crippen LogP contribution in [0.25, 0.3) is 0 Å². The number of esters is 1. The average molecular weight is 1520 g/mol. The Hall–Kier alpha value is -6.73. The highest BCUT2D eigenvalue weighted by Gasteiger charge is 2.21. The maximum Gasteiger partial charge on any atom is 0.311 e. The SMILES string of the molecule is CC(=O)CC(C)=NCC[Si](C)(C)C.CC(=O)CC(C)=NCC[Si](C)(C)C.CC(=O)CC(C)=Nc1cc(C(C)(C)C)cc(C(C)(C)C)c1.CC(=O)CC(C)=Nc1cc(C)cc(C)c1.CC(=O)CC(C)=Nc1ccccc1.CCCCCCCCCCCCN=C(C)CC(C)=O.CCCN=C(CC)CC(=O)OCC. The van der Waals surface area contributed by atoms with Crippen LogP contribution in [0.3, 0.4) is 0 Å². The summed E-state index contributed by atoms with van der Waals surface area (Å²) in [6.45, 7) is 64.6. The van der Waals surface area contributed by atoms with E-state index in [-0.39, 0.29) is 51.5 Å². The van der Waals surface area contributed by atoms with Crippen LogP contribution in [-0.4, -0.2) is 130 Å². The molecule has 0 aliphatic heterocycles. The van der Waals surface area contributed by atoms with Crippen LogP contribution in [0.1, 0.15) is 297 Å². The number of aryl methyl sites for hydroxylation is 2. The molecule has 0 saturated heterocycles. The van der Waals surface area contributed by atoms with Gasteiger partial charge in [0.2, 0.25) is 0 Å². The van der Waals surface area contributed by atoms with Gasteiger partial charge in [-0.1, -0.05) is 190 Å². The zero-order valence-corrected chi connectivity index (χ0v) is 75.6. The van der Waals surface area contributed by atoms with Crippen molar-refractivity contribution in [3.8, 4) is 0 Å². The second-order valence-electron chi connectivity index (χ2n) is 33.2. The number of ketones is 6. The number of nitrogens with zero attached hydrogens (tertiary/aromatic N) is 7. The Labute approximate surface area is 655 Å². The first kappa shape index (κ1) is 107. The predicted octanol–water partition coefficient (Wildman–Crippen LogP) is 24.6. The molecule has 0 aliphatic rings. The van der Waals surface area contributed by atoms with E-state index in [0.717, 1.165) is 96.1 Å². The Bertz CT molecular complexity index is 3190. The molecule has 0 aromatic heterocycles. The van der Waals surface area contributed by atoms with E-state index in [9.17, 15) is 33.6 Å². The summed E-state index contributed by atoms with van der Waals surface area (Å²) < 4.78 is 4.83. The van der Waals surface area contributed by atoms with E-state index < -0.39 is 16.1 Å². The summed E-state index contributed by atoms with van der Waals surface area (Å²) >= 11 is 0. The van der Waals surface area contributed by atoms with E-state index >= 15 is 0 Å². The van der Waals surface area contributed by atoms with Crippen molar-refractivity contribution in [1.29, 1.82) is 0 Å². The molecule has 604 valence electrons. The van der Waals surface area contributed by atoms with Crippen molar-refractivity contribution in [2.75, 3.05) is 32.8 Å². The standard InChI is InChI=1S/C19H29NO.C17H33NO.C13H17NO.C11H13NO.C10H19NO2.2C10H21NOSi/c1-13(9-14(2)21)20-17-11-15(18(3,4)5)10-16(12-17)19(6,7)8;1-4-5-6-7-8-9-10-11-12-13-14-18-16(2)15-17(3)19;1-9-5-10(2)7-13(6-9)14-11(3)8-12(4)15;1-9(8-10(2)13)12-11-6-4-3-5-7-11;1-4-7-11-9(5-2)8-10(12)13-6-3;2*1-9(8-10(2)12)11-6-7-13(3,4)5/h10-12H,9H2,1-8H3;4-15H2,1-3H3;5-7H,8H2,1-4H3;3-7H,8H2,1-2H3;4-8H2,1-3H3;2*6-8H2,1-5H3. The first-order valence-electron chi connectivity index (χ1n) is 39.6. The summed E-state index contributed by atoms with van der Waals surface area (Å²) in [7, 11) is -1.91. The Morgan fingerprint density at radius 2 is 0.682 bits per heavy atom. The third-order valence-corrected chi connectivity index (χ3v) is 19.0. The van der Waals surface area contributed by atoms with E-state index in [1.807, 2.05) is 112 Å². The molecular formula is C90H153N7O8Si2. The Morgan fingerprint density at radius 1 is 0.355 bits per heavy atom. The van der Waals surface area contributed by atoms with Crippen molar-refractivity contribution in [2.45, 2.75) is 350 Å². The van der Waals surface area contributed by atoms with Gasteiger partial charge >= 0.3 is 5.97 Å². The van der Waals surface area contributed by atoms with Gasteiger partial charge in [0.05, 0.1) is 30.1 Å². The van der Waals surface area contributed by atoms with E-state index in [0.29, 0.717) is 51.6 Å². The van der Waals surface area contributed by atoms with E-state index in [1.54, 1.807) is 41.5 Å². The third-order valence-electron chi connectivity index (χ3n) is 15.6. The number of aliphatic imine (C=N–C) groups is 7. The lowest BCUT2D eigenvalue weighted by atomic mass is 9.80. The van der Waals surface area contributed by atoms with Crippen molar-refractivity contribution in [2.24, 2.45) is 34.9 Å². The summed E-state index contributed by atoms with van der Waals surface area (Å²) in [4.78, 5) is 107. The number of carbonyl (C=O) groups is 7. The van der Waals surface area contributed by atoms with Gasteiger partial charge in [0, 0.05) is 121 Å². The zero-order valence-electron chi connectivity index (χ0n) is 73.6. The van der Waals surface area contributed by atoms with Gasteiger partial charge < -0.3 is 4.74 Å². The van der Waals surface area contributed by atoms with Crippen molar-refractivity contribution in [3.05, 3.63) is 89.0 Å². The number of hydrogen-bond donors (Lipinski definition) is 0. The molecule has 0 radical (unpaired) electrons. The van der Waals surface area contributed by atoms with Gasteiger partial charge in [0.15, 0.2) is 0 Å². The number of Topliss-reactive ketones (excluding diaryl/α,β-unsaturated/α-hetero) is 6. The summed E-state index contributed by atoms with van der Waals surface area (Å²) in [5.41, 5.74) is 14.4. The Balaban J connectivity index is -0.000000584. The first-order chi connectivity index (χ1) is 49.6. The normalized spacial score (nSPS) is 12.3. The van der Waals surface area contributed by atoms with Gasteiger partial charge in [-0.15, -0.1) is 0 Å². The summed E-state index contributed by atoms with van der Waals surface area (Å²) in [5.74, 6) is 0.907. The predicted molar refractivity (Wildman–Crippen MR) is 473 cm³/mol. The number of benzene rings is 3. The number of carbonyl (C=O) groups excluding carboxylic acids is 7. The van der Waals surface area contributed by atoms with Crippen LogP contribution >= 0.6 is 0 Å². The molecule has 15 nitrogen and oxygen atoms in total. The summed E-state index contributed by atoms with van der Waals surface area (Å²) in [6.07, 6.45) is 18.6. The number of hydrogen-bond acceptors (Lipinski definition) is 15. The topological polar surface area (TPSA) is 215 Å². The summed E-state index contributed by atoms with van der Waals surface area (Å²) in [6, 6.07) is 24.8. The molecule has 0 heterocycles. The molecule has 3 rings (SSSR count). The number of unbranched alkanes of at least 4 members (excludes halogenated alkanes) is 9. The fourth-order valence-electron chi connectivity index (χ4n) is 10.1. The fraction of sp³-hybridized carbons (Fsp3) is 0.644. The lowest BCUT2D eigenvalue weighted by molar-refractivity contribution is -0.141. The molecule has 107 heavy (non-hydrogen) atoms. The highest BCUT2D eigenvalue weighted by atomic mass is 28.3. The van der Waals surface area contributed by atoms with Crippen LogP contribution < -0.4 is 0 Å². The third kappa shape index (κ3) is 73.2. The maximum absolute atomic E-state index is 11.2. The quantitative estimate of drug-likeness (QED) is 0.0232. The first-order valence-corrected chi connectivity index (χ1v) is 47.1. The molecule has 3 aromatic rings. The molecule has 0 unspecified atom stereocenters. The number of para-hydroxylation sites is 1. The van der Waals surface area contributed by atoms with Crippen molar-refractivity contribution >= 4 is 114 Å². The molecule has 0 saturated carbocycles. The lowest BCUT2D eigenvalue weighted by Crippen LogP contribution is -2.20. The minimum absolute atomic E-state index is 0.0833. The van der Waals surface area contributed by atoms with Gasteiger partial charge in [-0.2, -0.15) is 0 Å². The maximum atomic E-state index is 11.2. The molecule has 0 N–H and O–H groups in total. The Kier molecular flexibility index (Phi) is 60.9. The lowest BCUT2D eigenvalue weighted by Gasteiger charge is -2.25. The van der Waals surface area contributed by atoms with Crippen molar-refractivity contribution < 1.29 is 38.3 Å². The molecule has 0 fully saturated rings. The largest absolute Gasteiger partial charge is 0.466 e. The molecule has 0 spiro atoms. The Morgan fingerprint density at radius 3 is 1.00 bits per heavy atom.